The van der Waals surface area contributed by atoms with Gasteiger partial charge in [-0.25, -0.2) is 13.2 Å². The van der Waals surface area contributed by atoms with Gasteiger partial charge < -0.3 is 10.8 Å². The average Bonchev–Trinajstić information content (AvgIpc) is 2.23. The van der Waals surface area contributed by atoms with Gasteiger partial charge in [-0.15, -0.1) is 0 Å². The van der Waals surface area contributed by atoms with Gasteiger partial charge in [0.2, 0.25) is 0 Å². The summed E-state index contributed by atoms with van der Waals surface area (Å²) in [7, 11) is 0. The molecule has 5 heteroatoms. The van der Waals surface area contributed by atoms with Gasteiger partial charge in [0.1, 0.15) is 0 Å². The first-order valence-electron chi connectivity index (χ1n) is 5.41. The van der Waals surface area contributed by atoms with Crippen molar-refractivity contribution in [2.75, 3.05) is 0 Å². The lowest BCUT2D eigenvalue weighted by Gasteiger charge is -2.21. The first-order valence-corrected chi connectivity index (χ1v) is 5.41. The molecule has 1 aromatic rings. The maximum atomic E-state index is 13.0. The molecule has 0 radical (unpaired) electrons. The van der Waals surface area contributed by atoms with Crippen LogP contribution >= 0.6 is 0 Å². The van der Waals surface area contributed by atoms with E-state index < -0.39 is 29.6 Å². The van der Waals surface area contributed by atoms with Crippen molar-refractivity contribution in [1.29, 1.82) is 0 Å². The highest BCUT2D eigenvalue weighted by Gasteiger charge is 2.21. The molecular weight excluding hydrogens is 231 g/mol. The van der Waals surface area contributed by atoms with Crippen LogP contribution in [-0.2, 0) is 0 Å². The van der Waals surface area contributed by atoms with Crippen molar-refractivity contribution in [3.05, 3.63) is 35.1 Å². The summed E-state index contributed by atoms with van der Waals surface area (Å²) in [5, 5.41) is 9.80. The van der Waals surface area contributed by atoms with E-state index in [2.05, 4.69) is 0 Å². The van der Waals surface area contributed by atoms with Gasteiger partial charge in [-0.05, 0) is 30.0 Å². The van der Waals surface area contributed by atoms with Crippen LogP contribution in [0.25, 0.3) is 0 Å². The molecule has 96 valence electrons. The number of aliphatic hydroxyl groups is 1. The van der Waals surface area contributed by atoms with Crippen LogP contribution in [-0.4, -0.2) is 11.1 Å². The third-order valence-corrected chi connectivity index (χ3v) is 2.50. The first kappa shape index (κ1) is 14.0. The van der Waals surface area contributed by atoms with Crippen molar-refractivity contribution in [2.45, 2.75) is 32.4 Å². The van der Waals surface area contributed by atoms with Gasteiger partial charge in [0.15, 0.2) is 17.5 Å². The molecule has 0 spiro atoms. The number of halogens is 3. The molecule has 0 amide bonds. The van der Waals surface area contributed by atoms with E-state index in [0.29, 0.717) is 6.42 Å². The second-order valence-electron chi connectivity index (χ2n) is 4.54. The molecule has 0 aliphatic carbocycles. The third kappa shape index (κ3) is 3.44. The first-order chi connectivity index (χ1) is 7.82. The third-order valence-electron chi connectivity index (χ3n) is 2.50. The summed E-state index contributed by atoms with van der Waals surface area (Å²) in [6.45, 7) is 3.83. The maximum absolute atomic E-state index is 13.0. The quantitative estimate of drug-likeness (QED) is 0.803. The fourth-order valence-corrected chi connectivity index (χ4v) is 1.67. The van der Waals surface area contributed by atoms with E-state index in [9.17, 15) is 18.3 Å². The molecule has 0 aliphatic heterocycles. The standard InChI is InChI=1S/C12H16F3NO/c1-6(2)3-10(16)12(17)7-4-8(13)11(15)9(14)5-7/h4-6,10,12,17H,3,16H2,1-2H3. The maximum Gasteiger partial charge on any atom is 0.194 e. The molecule has 2 unspecified atom stereocenters. The van der Waals surface area contributed by atoms with Gasteiger partial charge in [-0.3, -0.25) is 0 Å². The van der Waals surface area contributed by atoms with E-state index in [1.807, 2.05) is 13.8 Å². The normalized spacial score (nSPS) is 15.1. The Kier molecular flexibility index (Phi) is 4.54. The number of rotatable bonds is 4. The lowest BCUT2D eigenvalue weighted by atomic mass is 9.95. The van der Waals surface area contributed by atoms with Gasteiger partial charge in [-0.2, -0.15) is 0 Å². The van der Waals surface area contributed by atoms with Gasteiger partial charge in [-0.1, -0.05) is 13.8 Å². The minimum absolute atomic E-state index is 0.0467. The van der Waals surface area contributed by atoms with Crippen molar-refractivity contribution in [3.63, 3.8) is 0 Å². The van der Waals surface area contributed by atoms with Crippen LogP contribution in [0.3, 0.4) is 0 Å². The van der Waals surface area contributed by atoms with Gasteiger partial charge in [0.05, 0.1) is 6.10 Å². The molecule has 1 aromatic carbocycles. The zero-order valence-corrected chi connectivity index (χ0v) is 9.75. The molecule has 0 aliphatic rings. The van der Waals surface area contributed by atoms with E-state index in [4.69, 9.17) is 5.73 Å². The largest absolute Gasteiger partial charge is 0.387 e. The predicted octanol–water partition coefficient (Wildman–Crippen LogP) is 2.51. The number of hydrogen-bond acceptors (Lipinski definition) is 2. The molecular formula is C12H16F3NO. The van der Waals surface area contributed by atoms with Crippen LogP contribution in [0.2, 0.25) is 0 Å². The molecule has 17 heavy (non-hydrogen) atoms. The Hall–Kier alpha value is -1.07. The van der Waals surface area contributed by atoms with E-state index in [0.717, 1.165) is 12.1 Å². The van der Waals surface area contributed by atoms with Gasteiger partial charge in [0.25, 0.3) is 0 Å². The molecule has 1 rings (SSSR count). The molecule has 0 heterocycles. The summed E-state index contributed by atoms with van der Waals surface area (Å²) in [5.41, 5.74) is 5.65. The Morgan fingerprint density at radius 2 is 1.65 bits per heavy atom. The van der Waals surface area contributed by atoms with Crippen LogP contribution in [0, 0.1) is 23.4 Å². The zero-order valence-electron chi connectivity index (χ0n) is 9.75. The number of aliphatic hydroxyl groups excluding tert-OH is 1. The minimum atomic E-state index is -1.54. The van der Waals surface area contributed by atoms with E-state index in [-0.39, 0.29) is 11.5 Å². The minimum Gasteiger partial charge on any atom is -0.387 e. The monoisotopic (exact) mass is 247 g/mol. The van der Waals surface area contributed by atoms with Crippen molar-refractivity contribution < 1.29 is 18.3 Å². The number of nitrogens with two attached hydrogens (primary N) is 1. The van der Waals surface area contributed by atoms with Crippen molar-refractivity contribution >= 4 is 0 Å². The van der Waals surface area contributed by atoms with Crippen LogP contribution in [0.4, 0.5) is 13.2 Å². The fourth-order valence-electron chi connectivity index (χ4n) is 1.67. The Bertz CT molecular complexity index is 372. The second kappa shape index (κ2) is 5.51. The predicted molar refractivity (Wildman–Crippen MR) is 58.7 cm³/mol. The zero-order chi connectivity index (χ0) is 13.2. The second-order valence-corrected chi connectivity index (χ2v) is 4.54. The molecule has 2 nitrogen and oxygen atoms in total. The highest BCUT2D eigenvalue weighted by molar-refractivity contribution is 5.22. The molecule has 0 saturated heterocycles. The van der Waals surface area contributed by atoms with Crippen LogP contribution < -0.4 is 5.73 Å². The Labute approximate surface area is 98.3 Å². The van der Waals surface area contributed by atoms with Crippen LogP contribution in [0.1, 0.15) is 31.9 Å². The Morgan fingerprint density at radius 3 is 2.06 bits per heavy atom. The lowest BCUT2D eigenvalue weighted by molar-refractivity contribution is 0.135. The summed E-state index contributed by atoms with van der Waals surface area (Å²) in [6, 6.07) is 0.895. The van der Waals surface area contributed by atoms with Crippen molar-refractivity contribution in [1.82, 2.24) is 0 Å². The SMILES string of the molecule is CC(C)CC(N)C(O)c1cc(F)c(F)c(F)c1. The van der Waals surface area contributed by atoms with Crippen molar-refractivity contribution in [3.8, 4) is 0 Å². The number of benzene rings is 1. The summed E-state index contributed by atoms with van der Waals surface area (Å²) in [6.07, 6.45) is -0.705. The van der Waals surface area contributed by atoms with E-state index in [1.165, 1.54) is 0 Å². The summed E-state index contributed by atoms with van der Waals surface area (Å²) < 4.78 is 38.6. The Morgan fingerprint density at radius 1 is 1.18 bits per heavy atom. The van der Waals surface area contributed by atoms with Crippen LogP contribution in [0.15, 0.2) is 12.1 Å². The molecule has 0 bridgehead atoms. The number of hydrogen-bond donors (Lipinski definition) is 2. The highest BCUT2D eigenvalue weighted by atomic mass is 19.2. The average molecular weight is 247 g/mol. The fraction of sp³-hybridized carbons (Fsp3) is 0.500. The van der Waals surface area contributed by atoms with Gasteiger partial charge in [0, 0.05) is 6.04 Å². The molecule has 3 N–H and O–H groups in total. The smallest absolute Gasteiger partial charge is 0.194 e. The van der Waals surface area contributed by atoms with E-state index in [1.54, 1.807) is 0 Å². The summed E-state index contributed by atoms with van der Waals surface area (Å²) in [5.74, 6) is -3.94. The molecule has 0 saturated carbocycles. The summed E-state index contributed by atoms with van der Waals surface area (Å²) in [4.78, 5) is 0. The van der Waals surface area contributed by atoms with Crippen LogP contribution in [0.5, 0.6) is 0 Å². The summed E-state index contributed by atoms with van der Waals surface area (Å²) >= 11 is 0. The molecule has 2 atom stereocenters. The lowest BCUT2D eigenvalue weighted by Crippen LogP contribution is -2.30. The van der Waals surface area contributed by atoms with Crippen molar-refractivity contribution in [2.24, 2.45) is 11.7 Å². The van der Waals surface area contributed by atoms with Gasteiger partial charge >= 0.3 is 0 Å². The highest BCUT2D eigenvalue weighted by Crippen LogP contribution is 2.23. The van der Waals surface area contributed by atoms with E-state index >= 15 is 0 Å². The Balaban J connectivity index is 2.92. The topological polar surface area (TPSA) is 46.2 Å². The molecule has 0 aromatic heterocycles. The molecule has 0 fully saturated rings.